The largest absolute Gasteiger partial charge is 0.296 e. The first-order chi connectivity index (χ1) is 10.2. The summed E-state index contributed by atoms with van der Waals surface area (Å²) in [5.74, 6) is 1.60. The van der Waals surface area contributed by atoms with Gasteiger partial charge in [-0.3, -0.25) is 10.00 Å². The Labute approximate surface area is 124 Å². The molecule has 1 atom stereocenters. The average molecular weight is 288 g/mol. The lowest BCUT2D eigenvalue weighted by Crippen LogP contribution is -2.24. The molecule has 4 nitrogen and oxygen atoms in total. The molecule has 112 valence electrons. The molecule has 1 N–H and O–H groups in total. The van der Waals surface area contributed by atoms with Crippen molar-refractivity contribution in [3.05, 3.63) is 47.3 Å². The molecule has 1 aromatic carbocycles. The van der Waals surface area contributed by atoms with Crippen LogP contribution in [0.25, 0.3) is 0 Å². The second-order valence-corrected chi connectivity index (χ2v) is 5.69. The standard InChI is InChI=1S/C16H21FN4/c1-12-18-16(20-19-12)5-3-11-21-10-2-4-15(21)13-6-8-14(17)9-7-13/h6-9,15H,2-5,10-11H2,1H3,(H,18,19,20)/t15-/m0/s1. The minimum absolute atomic E-state index is 0.164. The first-order valence-corrected chi connectivity index (χ1v) is 7.60. The lowest BCUT2D eigenvalue weighted by atomic mass is 10.0. The molecule has 0 radical (unpaired) electrons. The van der Waals surface area contributed by atoms with Crippen LogP contribution in [0.4, 0.5) is 4.39 Å². The van der Waals surface area contributed by atoms with Crippen molar-refractivity contribution in [1.82, 2.24) is 20.1 Å². The van der Waals surface area contributed by atoms with Crippen molar-refractivity contribution < 1.29 is 4.39 Å². The smallest absolute Gasteiger partial charge is 0.150 e. The SMILES string of the molecule is Cc1nc(CCCN2CCC[C@H]2c2ccc(F)cc2)n[nH]1. The molecule has 0 amide bonds. The Bertz CT molecular complexity index is 578. The second-order valence-electron chi connectivity index (χ2n) is 5.69. The Balaban J connectivity index is 1.55. The molecule has 1 fully saturated rings. The van der Waals surface area contributed by atoms with Crippen LogP contribution < -0.4 is 0 Å². The van der Waals surface area contributed by atoms with Gasteiger partial charge in [-0.1, -0.05) is 12.1 Å². The molecular formula is C16H21FN4. The van der Waals surface area contributed by atoms with Crippen LogP contribution in [0, 0.1) is 12.7 Å². The van der Waals surface area contributed by atoms with Gasteiger partial charge in [0.15, 0.2) is 5.82 Å². The summed E-state index contributed by atoms with van der Waals surface area (Å²) in [6, 6.07) is 7.37. The van der Waals surface area contributed by atoms with Gasteiger partial charge in [0.1, 0.15) is 11.6 Å². The van der Waals surface area contributed by atoms with Crippen molar-refractivity contribution in [1.29, 1.82) is 0 Å². The molecule has 2 aromatic rings. The van der Waals surface area contributed by atoms with E-state index in [1.807, 2.05) is 19.1 Å². The molecule has 1 aliphatic rings. The highest BCUT2D eigenvalue weighted by Gasteiger charge is 2.25. The first kappa shape index (κ1) is 14.2. The number of H-pyrrole nitrogens is 1. The van der Waals surface area contributed by atoms with E-state index in [2.05, 4.69) is 20.1 Å². The van der Waals surface area contributed by atoms with Crippen LogP contribution in [0.15, 0.2) is 24.3 Å². The molecule has 2 heterocycles. The van der Waals surface area contributed by atoms with Crippen LogP contribution in [0.3, 0.4) is 0 Å². The molecule has 21 heavy (non-hydrogen) atoms. The summed E-state index contributed by atoms with van der Waals surface area (Å²) in [6.07, 6.45) is 4.32. The maximum atomic E-state index is 13.0. The normalized spacial score (nSPS) is 19.2. The minimum Gasteiger partial charge on any atom is -0.296 e. The van der Waals surface area contributed by atoms with E-state index in [1.165, 1.54) is 12.0 Å². The number of rotatable bonds is 5. The van der Waals surface area contributed by atoms with Crippen LogP contribution >= 0.6 is 0 Å². The zero-order chi connectivity index (χ0) is 14.7. The van der Waals surface area contributed by atoms with Crippen LogP contribution in [0.2, 0.25) is 0 Å². The highest BCUT2D eigenvalue weighted by molar-refractivity contribution is 5.21. The number of nitrogens with zero attached hydrogens (tertiary/aromatic N) is 3. The maximum absolute atomic E-state index is 13.0. The molecular weight excluding hydrogens is 267 g/mol. The van der Waals surface area contributed by atoms with Crippen molar-refractivity contribution in [3.63, 3.8) is 0 Å². The minimum atomic E-state index is -0.164. The number of likely N-dealkylation sites (tertiary alicyclic amines) is 1. The molecule has 1 saturated heterocycles. The summed E-state index contributed by atoms with van der Waals surface area (Å²) in [6.45, 7) is 4.08. The van der Waals surface area contributed by atoms with E-state index in [9.17, 15) is 4.39 Å². The van der Waals surface area contributed by atoms with Crippen molar-refractivity contribution in [2.45, 2.75) is 38.6 Å². The fourth-order valence-electron chi connectivity index (χ4n) is 3.10. The summed E-state index contributed by atoms with van der Waals surface area (Å²) >= 11 is 0. The van der Waals surface area contributed by atoms with Gasteiger partial charge >= 0.3 is 0 Å². The third-order valence-corrected chi connectivity index (χ3v) is 4.11. The van der Waals surface area contributed by atoms with Crippen LogP contribution in [-0.2, 0) is 6.42 Å². The number of nitrogens with one attached hydrogen (secondary N) is 1. The van der Waals surface area contributed by atoms with Gasteiger partial charge in [-0.25, -0.2) is 9.37 Å². The van der Waals surface area contributed by atoms with Crippen molar-refractivity contribution in [2.24, 2.45) is 0 Å². The summed E-state index contributed by atoms with van der Waals surface area (Å²) < 4.78 is 13.0. The fourth-order valence-corrected chi connectivity index (χ4v) is 3.10. The van der Waals surface area contributed by atoms with E-state index in [1.54, 1.807) is 12.1 Å². The average Bonchev–Trinajstić information content (AvgIpc) is 3.09. The quantitative estimate of drug-likeness (QED) is 0.920. The second kappa shape index (κ2) is 6.35. The van der Waals surface area contributed by atoms with Gasteiger partial charge in [0.05, 0.1) is 0 Å². The van der Waals surface area contributed by atoms with Gasteiger partial charge in [0.2, 0.25) is 0 Å². The van der Waals surface area contributed by atoms with E-state index in [0.717, 1.165) is 44.0 Å². The highest BCUT2D eigenvalue weighted by atomic mass is 19.1. The van der Waals surface area contributed by atoms with Gasteiger partial charge in [-0.2, -0.15) is 5.10 Å². The first-order valence-electron chi connectivity index (χ1n) is 7.60. The predicted octanol–water partition coefficient (Wildman–Crippen LogP) is 3.02. The van der Waals surface area contributed by atoms with Gasteiger partial charge < -0.3 is 0 Å². The number of benzene rings is 1. The van der Waals surface area contributed by atoms with E-state index in [-0.39, 0.29) is 5.82 Å². The molecule has 1 aliphatic heterocycles. The third kappa shape index (κ3) is 3.47. The van der Waals surface area contributed by atoms with Gasteiger partial charge in [-0.15, -0.1) is 0 Å². The zero-order valence-corrected chi connectivity index (χ0v) is 12.3. The van der Waals surface area contributed by atoms with Crippen molar-refractivity contribution in [2.75, 3.05) is 13.1 Å². The molecule has 0 saturated carbocycles. The number of hydrogen-bond acceptors (Lipinski definition) is 3. The van der Waals surface area contributed by atoms with Gasteiger partial charge in [0, 0.05) is 12.5 Å². The van der Waals surface area contributed by atoms with E-state index >= 15 is 0 Å². The monoisotopic (exact) mass is 288 g/mol. The third-order valence-electron chi connectivity index (χ3n) is 4.11. The van der Waals surface area contributed by atoms with E-state index in [0.29, 0.717) is 6.04 Å². The zero-order valence-electron chi connectivity index (χ0n) is 12.3. The molecule has 1 aromatic heterocycles. The molecule has 3 rings (SSSR count). The molecule has 5 heteroatoms. The van der Waals surface area contributed by atoms with Crippen LogP contribution in [-0.4, -0.2) is 33.2 Å². The number of aromatic amines is 1. The lowest BCUT2D eigenvalue weighted by molar-refractivity contribution is 0.253. The Hall–Kier alpha value is -1.75. The lowest BCUT2D eigenvalue weighted by Gasteiger charge is -2.24. The summed E-state index contributed by atoms with van der Waals surface area (Å²) in [7, 11) is 0. The fraction of sp³-hybridized carbons (Fsp3) is 0.500. The Morgan fingerprint density at radius 1 is 1.33 bits per heavy atom. The van der Waals surface area contributed by atoms with Crippen molar-refractivity contribution in [3.8, 4) is 0 Å². The van der Waals surface area contributed by atoms with Gasteiger partial charge in [0.25, 0.3) is 0 Å². The van der Waals surface area contributed by atoms with E-state index in [4.69, 9.17) is 0 Å². The highest BCUT2D eigenvalue weighted by Crippen LogP contribution is 2.31. The Kier molecular flexibility index (Phi) is 4.29. The number of hydrogen-bond donors (Lipinski definition) is 1. The number of halogens is 1. The maximum Gasteiger partial charge on any atom is 0.150 e. The molecule has 0 bridgehead atoms. The summed E-state index contributed by atoms with van der Waals surface area (Å²) in [5, 5.41) is 7.05. The van der Waals surface area contributed by atoms with Crippen LogP contribution in [0.1, 0.15) is 42.5 Å². The Morgan fingerprint density at radius 3 is 2.86 bits per heavy atom. The van der Waals surface area contributed by atoms with Crippen molar-refractivity contribution >= 4 is 0 Å². The Morgan fingerprint density at radius 2 is 2.14 bits per heavy atom. The van der Waals surface area contributed by atoms with Gasteiger partial charge in [-0.05, 0) is 57.0 Å². The van der Waals surface area contributed by atoms with E-state index < -0.39 is 0 Å². The molecule has 0 spiro atoms. The number of aryl methyl sites for hydroxylation is 2. The topological polar surface area (TPSA) is 44.8 Å². The predicted molar refractivity (Wildman–Crippen MR) is 79.4 cm³/mol. The molecule has 0 aliphatic carbocycles. The summed E-state index contributed by atoms with van der Waals surface area (Å²) in [4.78, 5) is 6.83. The van der Waals surface area contributed by atoms with Crippen LogP contribution in [0.5, 0.6) is 0 Å². The number of aromatic nitrogens is 3. The summed E-state index contributed by atoms with van der Waals surface area (Å²) in [5.41, 5.74) is 1.22. The molecule has 0 unspecified atom stereocenters.